The number of hydrogen-bond donors (Lipinski definition) is 0. The molecule has 0 saturated carbocycles. The van der Waals surface area contributed by atoms with Gasteiger partial charge in [-0.3, -0.25) is 4.98 Å². The van der Waals surface area contributed by atoms with E-state index in [1.165, 1.54) is 27.3 Å². The van der Waals surface area contributed by atoms with Crippen LogP contribution in [-0.2, 0) is 0 Å². The van der Waals surface area contributed by atoms with Crippen LogP contribution in [-0.4, -0.2) is 4.98 Å². The van der Waals surface area contributed by atoms with Gasteiger partial charge < -0.3 is 4.74 Å². The van der Waals surface area contributed by atoms with Crippen LogP contribution in [0.4, 0.5) is 0 Å². The Hall–Kier alpha value is -4.69. The lowest BCUT2D eigenvalue weighted by Gasteiger charge is -2.18. The first kappa shape index (κ1) is 19.7. The maximum atomic E-state index is 6.65. The average molecular weight is 448 g/mol. The third-order valence-electron chi connectivity index (χ3n) is 6.76. The van der Waals surface area contributed by atoms with Crippen LogP contribution in [0, 0.1) is 0 Å². The molecule has 0 saturated heterocycles. The molecule has 164 valence electrons. The predicted octanol–water partition coefficient (Wildman–Crippen LogP) is 9.15. The van der Waals surface area contributed by atoms with Crippen LogP contribution in [0.5, 0.6) is 11.5 Å². The van der Waals surface area contributed by atoms with Gasteiger partial charge in [0.25, 0.3) is 0 Å². The fraction of sp³-hybridized carbons (Fsp3) is 0. The van der Waals surface area contributed by atoms with Crippen LogP contribution in [0.25, 0.3) is 54.2 Å². The van der Waals surface area contributed by atoms with E-state index in [1.54, 1.807) is 0 Å². The van der Waals surface area contributed by atoms with Crippen LogP contribution in [0.2, 0.25) is 0 Å². The van der Waals surface area contributed by atoms with Crippen molar-refractivity contribution in [2.75, 3.05) is 0 Å². The van der Waals surface area contributed by atoms with Gasteiger partial charge in [-0.15, -0.1) is 0 Å². The van der Waals surface area contributed by atoms with Crippen LogP contribution >= 0.6 is 0 Å². The smallest absolute Gasteiger partial charge is 0.143 e. The second-order valence-corrected chi connectivity index (χ2v) is 8.84. The number of nitrogens with zero attached hydrogens (tertiary/aromatic N) is 1. The van der Waals surface area contributed by atoms with Gasteiger partial charge in [-0.2, -0.15) is 0 Å². The second-order valence-electron chi connectivity index (χ2n) is 8.84. The number of rotatable bonds is 3. The van der Waals surface area contributed by atoms with Crippen molar-refractivity contribution in [3.8, 4) is 22.6 Å². The molecule has 1 heterocycles. The molecule has 7 aromatic rings. The Morgan fingerprint density at radius 2 is 1.11 bits per heavy atom. The predicted molar refractivity (Wildman–Crippen MR) is 146 cm³/mol. The highest BCUT2D eigenvalue weighted by atomic mass is 16.5. The number of pyridine rings is 1. The van der Waals surface area contributed by atoms with Gasteiger partial charge in [0.2, 0.25) is 0 Å². The standard InChI is InChI=1S/C33H21NO/c1-3-9-24-19-26(14-13-22(24)7-1)32-28-11-5-6-12-29(28)33(30-17-18-34-21-31(30)32)35-27-16-15-23-8-2-4-10-25(23)20-27/h1-21H. The molecule has 0 radical (unpaired) electrons. The Balaban J connectivity index is 1.50. The van der Waals surface area contributed by atoms with Gasteiger partial charge in [-0.05, 0) is 62.3 Å². The van der Waals surface area contributed by atoms with Crippen molar-refractivity contribution in [1.82, 2.24) is 4.98 Å². The zero-order valence-corrected chi connectivity index (χ0v) is 19.0. The molecular weight excluding hydrogens is 426 g/mol. The zero-order chi connectivity index (χ0) is 23.2. The molecule has 35 heavy (non-hydrogen) atoms. The van der Waals surface area contributed by atoms with Crippen LogP contribution in [0.1, 0.15) is 0 Å². The van der Waals surface area contributed by atoms with Gasteiger partial charge in [0.15, 0.2) is 0 Å². The Morgan fingerprint density at radius 3 is 1.91 bits per heavy atom. The third-order valence-corrected chi connectivity index (χ3v) is 6.76. The zero-order valence-electron chi connectivity index (χ0n) is 19.0. The second kappa shape index (κ2) is 7.96. The summed E-state index contributed by atoms with van der Waals surface area (Å²) in [6.45, 7) is 0. The molecular formula is C33H21NO. The fourth-order valence-corrected chi connectivity index (χ4v) is 5.10. The summed E-state index contributed by atoms with van der Waals surface area (Å²) in [5.74, 6) is 1.68. The van der Waals surface area contributed by atoms with Crippen molar-refractivity contribution in [3.63, 3.8) is 0 Å². The molecule has 0 bridgehead atoms. The summed E-state index contributed by atoms with van der Waals surface area (Å²) in [5.41, 5.74) is 2.36. The Bertz CT molecular complexity index is 1830. The summed E-state index contributed by atoms with van der Waals surface area (Å²) < 4.78 is 6.65. The molecule has 0 unspecified atom stereocenters. The fourth-order valence-electron chi connectivity index (χ4n) is 5.10. The van der Waals surface area contributed by atoms with Crippen molar-refractivity contribution in [2.24, 2.45) is 0 Å². The van der Waals surface area contributed by atoms with E-state index in [4.69, 9.17) is 4.74 Å². The first-order valence-electron chi connectivity index (χ1n) is 11.8. The maximum absolute atomic E-state index is 6.65. The van der Waals surface area contributed by atoms with Crippen molar-refractivity contribution in [2.45, 2.75) is 0 Å². The summed E-state index contributed by atoms with van der Waals surface area (Å²) in [6.07, 6.45) is 3.80. The van der Waals surface area contributed by atoms with E-state index in [0.29, 0.717) is 0 Å². The SMILES string of the molecule is c1ccc2cc(Oc3c4ccccc4c(-c4ccc5ccccc5c4)c4cnccc34)ccc2c1. The summed E-state index contributed by atoms with van der Waals surface area (Å²) in [4.78, 5) is 4.50. The van der Waals surface area contributed by atoms with E-state index < -0.39 is 0 Å². The van der Waals surface area contributed by atoms with Gasteiger partial charge >= 0.3 is 0 Å². The number of fused-ring (bicyclic) bond motifs is 4. The lowest BCUT2D eigenvalue weighted by molar-refractivity contribution is 0.494. The minimum Gasteiger partial charge on any atom is -0.456 e. The molecule has 2 nitrogen and oxygen atoms in total. The third kappa shape index (κ3) is 3.31. The molecule has 1 aromatic heterocycles. The van der Waals surface area contributed by atoms with Crippen LogP contribution in [0.15, 0.2) is 128 Å². The largest absolute Gasteiger partial charge is 0.456 e. The van der Waals surface area contributed by atoms with Crippen molar-refractivity contribution < 1.29 is 4.74 Å². The first-order chi connectivity index (χ1) is 17.3. The molecule has 6 aromatic carbocycles. The van der Waals surface area contributed by atoms with Gasteiger partial charge in [0.05, 0.1) is 0 Å². The number of ether oxygens (including phenoxy) is 1. The molecule has 0 aliphatic heterocycles. The molecule has 0 amide bonds. The van der Waals surface area contributed by atoms with Gasteiger partial charge in [-0.25, -0.2) is 0 Å². The summed E-state index contributed by atoms with van der Waals surface area (Å²) >= 11 is 0. The van der Waals surface area contributed by atoms with E-state index in [0.717, 1.165) is 38.4 Å². The molecule has 0 fully saturated rings. The molecule has 7 rings (SSSR count). The highest BCUT2D eigenvalue weighted by molar-refractivity contribution is 6.17. The Morgan fingerprint density at radius 1 is 0.486 bits per heavy atom. The number of hydrogen-bond acceptors (Lipinski definition) is 2. The quantitative estimate of drug-likeness (QED) is 0.252. The lowest BCUT2D eigenvalue weighted by atomic mass is 9.91. The van der Waals surface area contributed by atoms with Crippen molar-refractivity contribution in [3.05, 3.63) is 128 Å². The summed E-state index contributed by atoms with van der Waals surface area (Å²) in [5, 5.41) is 9.19. The molecule has 0 spiro atoms. The van der Waals surface area contributed by atoms with E-state index >= 15 is 0 Å². The van der Waals surface area contributed by atoms with Gasteiger partial charge in [-0.1, -0.05) is 91.0 Å². The van der Waals surface area contributed by atoms with Crippen LogP contribution in [0.3, 0.4) is 0 Å². The molecule has 2 heteroatoms. The molecule has 0 atom stereocenters. The maximum Gasteiger partial charge on any atom is 0.143 e. The van der Waals surface area contributed by atoms with E-state index in [2.05, 4.69) is 114 Å². The minimum absolute atomic E-state index is 0.824. The van der Waals surface area contributed by atoms with E-state index in [1.807, 2.05) is 18.5 Å². The monoisotopic (exact) mass is 447 g/mol. The Labute approximate surface area is 203 Å². The van der Waals surface area contributed by atoms with Crippen LogP contribution < -0.4 is 4.74 Å². The summed E-state index contributed by atoms with van der Waals surface area (Å²) in [7, 11) is 0. The molecule has 0 aliphatic carbocycles. The van der Waals surface area contributed by atoms with Crippen molar-refractivity contribution in [1.29, 1.82) is 0 Å². The highest BCUT2D eigenvalue weighted by Crippen LogP contribution is 2.44. The first-order valence-corrected chi connectivity index (χ1v) is 11.8. The van der Waals surface area contributed by atoms with Gasteiger partial charge in [0.1, 0.15) is 11.5 Å². The lowest BCUT2D eigenvalue weighted by Crippen LogP contribution is -1.93. The average Bonchev–Trinajstić information content (AvgIpc) is 2.93. The van der Waals surface area contributed by atoms with Crippen molar-refractivity contribution >= 4 is 43.1 Å². The number of aromatic nitrogens is 1. The topological polar surface area (TPSA) is 22.1 Å². The molecule has 0 aliphatic rings. The highest BCUT2D eigenvalue weighted by Gasteiger charge is 2.17. The normalized spacial score (nSPS) is 11.4. The molecule has 0 N–H and O–H groups in total. The van der Waals surface area contributed by atoms with Gasteiger partial charge in [0, 0.05) is 28.6 Å². The van der Waals surface area contributed by atoms with E-state index in [9.17, 15) is 0 Å². The van der Waals surface area contributed by atoms with E-state index in [-0.39, 0.29) is 0 Å². The minimum atomic E-state index is 0.824. The Kier molecular flexibility index (Phi) is 4.49. The summed E-state index contributed by atoms with van der Waals surface area (Å²) in [6, 6.07) is 40.3. The number of benzene rings is 6.